The van der Waals surface area contributed by atoms with Gasteiger partial charge in [0, 0.05) is 28.2 Å². The Kier molecular flexibility index (Phi) is 7.97. The maximum absolute atomic E-state index is 12.4. The fraction of sp³-hybridized carbons (Fsp3) is 0.600. The van der Waals surface area contributed by atoms with Gasteiger partial charge in [-0.25, -0.2) is 0 Å². The average molecular weight is 380 g/mol. The largest absolute Gasteiger partial charge is 0.457 e. The smallest absolute Gasteiger partial charge is 0.323 e. The van der Waals surface area contributed by atoms with Crippen LogP contribution in [-0.2, 0) is 31.5 Å². The number of carbonyl (C=O) groups excluding carboxylic acids is 2. The number of hydrogen-bond donors (Lipinski definition) is 1. The van der Waals surface area contributed by atoms with Gasteiger partial charge in [-0.05, 0) is 43.6 Å². The van der Waals surface area contributed by atoms with Crippen LogP contribution in [0.15, 0.2) is 30.3 Å². The summed E-state index contributed by atoms with van der Waals surface area (Å²) in [5, 5.41) is 0.148. The molecule has 0 spiro atoms. The van der Waals surface area contributed by atoms with Crippen LogP contribution < -0.4 is 5.73 Å². The molecule has 0 aromatic heterocycles. The van der Waals surface area contributed by atoms with Crippen LogP contribution >= 0.6 is 0 Å². The Hall–Kier alpha value is -1.53. The highest BCUT2D eigenvalue weighted by Gasteiger charge is 2.35. The van der Waals surface area contributed by atoms with E-state index in [1.165, 1.54) is 0 Å². The predicted octanol–water partition coefficient (Wildman–Crippen LogP) is 2.24. The first kappa shape index (κ1) is 20.8. The molecular formula is C20H29NO4S. The minimum atomic E-state index is -0.871. The molecule has 0 saturated heterocycles. The van der Waals surface area contributed by atoms with Crippen LogP contribution in [0.3, 0.4) is 0 Å². The van der Waals surface area contributed by atoms with Gasteiger partial charge >= 0.3 is 5.97 Å². The Bertz CT molecular complexity index is 634. The summed E-state index contributed by atoms with van der Waals surface area (Å²) in [7, 11) is -0.871. The Morgan fingerprint density at radius 1 is 1.27 bits per heavy atom. The van der Waals surface area contributed by atoms with Crippen molar-refractivity contribution in [2.75, 3.05) is 12.9 Å². The maximum Gasteiger partial charge on any atom is 0.323 e. The maximum atomic E-state index is 12.4. The number of carbonyl (C=O) groups is 2. The third-order valence-electron chi connectivity index (χ3n) is 5.24. The first-order valence-electron chi connectivity index (χ1n) is 9.23. The van der Waals surface area contributed by atoms with Crippen LogP contribution in [-0.4, -0.2) is 40.1 Å². The van der Waals surface area contributed by atoms with Crippen molar-refractivity contribution in [2.45, 2.75) is 50.3 Å². The normalized spacial score (nSPS) is 23.2. The molecule has 1 aliphatic carbocycles. The van der Waals surface area contributed by atoms with E-state index in [2.05, 4.69) is 0 Å². The van der Waals surface area contributed by atoms with Crippen molar-refractivity contribution >= 4 is 22.6 Å². The van der Waals surface area contributed by atoms with Gasteiger partial charge in [0.2, 0.25) is 0 Å². The highest BCUT2D eigenvalue weighted by Crippen LogP contribution is 2.36. The van der Waals surface area contributed by atoms with Crippen LogP contribution in [0.4, 0.5) is 0 Å². The molecule has 0 amide bonds. The molecule has 1 saturated carbocycles. The number of hydrogen-bond acceptors (Lipinski definition) is 5. The van der Waals surface area contributed by atoms with Crippen molar-refractivity contribution in [2.24, 2.45) is 17.6 Å². The van der Waals surface area contributed by atoms with E-state index in [1.54, 1.807) is 6.26 Å². The molecule has 1 fully saturated rings. The van der Waals surface area contributed by atoms with Gasteiger partial charge in [0.1, 0.15) is 12.6 Å². The van der Waals surface area contributed by atoms with Crippen molar-refractivity contribution in [1.82, 2.24) is 0 Å². The van der Waals surface area contributed by atoms with Gasteiger partial charge in [0.25, 0.3) is 0 Å². The summed E-state index contributed by atoms with van der Waals surface area (Å²) in [6, 6.07) is 8.71. The van der Waals surface area contributed by atoms with Gasteiger partial charge in [-0.2, -0.15) is 0 Å². The molecule has 5 atom stereocenters. The minimum Gasteiger partial charge on any atom is -0.457 e. The first-order chi connectivity index (χ1) is 12.4. The standard InChI is InChI=1S/C20H29NO4S/c1-3-19(26(2)24)16-10-9-15(12-16)18(22)13-25-20(23)17(21)11-14-7-5-4-6-8-14/h4-8,15-17,19H,3,9-13,21H2,1-2H3. The summed E-state index contributed by atoms with van der Waals surface area (Å²) < 4.78 is 17.0. The number of esters is 1. The Balaban J connectivity index is 1.77. The second-order valence-corrected chi connectivity index (χ2v) is 8.69. The molecule has 5 unspecified atom stereocenters. The van der Waals surface area contributed by atoms with Crippen LogP contribution in [0.5, 0.6) is 0 Å². The number of nitrogens with two attached hydrogens (primary N) is 1. The first-order valence-corrected chi connectivity index (χ1v) is 10.9. The molecule has 1 aliphatic rings. The van der Waals surface area contributed by atoms with Gasteiger partial charge in [-0.15, -0.1) is 0 Å². The summed E-state index contributed by atoms with van der Waals surface area (Å²) in [6.07, 6.45) is 5.42. The minimum absolute atomic E-state index is 0.0514. The zero-order valence-electron chi connectivity index (χ0n) is 15.6. The molecule has 5 nitrogen and oxygen atoms in total. The van der Waals surface area contributed by atoms with Gasteiger partial charge in [-0.1, -0.05) is 37.3 Å². The van der Waals surface area contributed by atoms with Gasteiger partial charge < -0.3 is 10.5 Å². The lowest BCUT2D eigenvalue weighted by molar-refractivity contribution is -0.150. The van der Waals surface area contributed by atoms with Gasteiger partial charge in [0.05, 0.1) is 0 Å². The lowest BCUT2D eigenvalue weighted by Crippen LogP contribution is -2.36. The second-order valence-electron chi connectivity index (χ2n) is 7.09. The average Bonchev–Trinajstić information content (AvgIpc) is 3.10. The van der Waals surface area contributed by atoms with Crippen molar-refractivity contribution < 1.29 is 18.5 Å². The molecule has 0 bridgehead atoms. The molecule has 1 aromatic rings. The van der Waals surface area contributed by atoms with E-state index in [0.717, 1.165) is 31.2 Å². The number of benzene rings is 1. The molecule has 0 heterocycles. The SMILES string of the molecule is CCC(C1CCC(C(=O)COC(=O)C(N)Cc2ccccc2)C1)S(C)=O. The molecule has 2 rings (SSSR count). The highest BCUT2D eigenvalue weighted by atomic mass is 32.2. The molecule has 26 heavy (non-hydrogen) atoms. The van der Waals surface area contributed by atoms with Crippen molar-refractivity contribution in [3.63, 3.8) is 0 Å². The van der Waals surface area contributed by atoms with E-state index in [0.29, 0.717) is 12.3 Å². The predicted molar refractivity (Wildman–Crippen MR) is 103 cm³/mol. The number of rotatable bonds is 9. The van der Waals surface area contributed by atoms with E-state index < -0.39 is 22.8 Å². The molecule has 1 aromatic carbocycles. The molecule has 0 radical (unpaired) electrons. The number of Topliss-reactive ketones (excluding diaryl/α,β-unsaturated/α-hetero) is 1. The van der Waals surface area contributed by atoms with Crippen LogP contribution in [0, 0.1) is 11.8 Å². The van der Waals surface area contributed by atoms with Crippen LogP contribution in [0.1, 0.15) is 38.2 Å². The second kappa shape index (κ2) is 9.97. The van der Waals surface area contributed by atoms with Gasteiger partial charge in [0.15, 0.2) is 5.78 Å². The fourth-order valence-corrected chi connectivity index (χ4v) is 5.06. The topological polar surface area (TPSA) is 86.5 Å². The summed E-state index contributed by atoms with van der Waals surface area (Å²) in [5.74, 6) is -0.381. The van der Waals surface area contributed by atoms with Crippen LogP contribution in [0.25, 0.3) is 0 Å². The summed E-state index contributed by atoms with van der Waals surface area (Å²) in [5.41, 5.74) is 6.84. The summed E-state index contributed by atoms with van der Waals surface area (Å²) >= 11 is 0. The Morgan fingerprint density at radius 2 is 1.96 bits per heavy atom. The van der Waals surface area contributed by atoms with Gasteiger partial charge in [-0.3, -0.25) is 13.8 Å². The molecule has 6 heteroatoms. The zero-order valence-corrected chi connectivity index (χ0v) is 16.4. The fourth-order valence-electron chi connectivity index (χ4n) is 3.80. The lowest BCUT2D eigenvalue weighted by atomic mass is 9.97. The molecule has 2 N–H and O–H groups in total. The molecule has 144 valence electrons. The van der Waals surface area contributed by atoms with E-state index in [1.807, 2.05) is 37.3 Å². The number of ketones is 1. The van der Waals surface area contributed by atoms with Crippen molar-refractivity contribution in [3.8, 4) is 0 Å². The zero-order chi connectivity index (χ0) is 19.1. The van der Waals surface area contributed by atoms with E-state index in [-0.39, 0.29) is 23.6 Å². The monoisotopic (exact) mass is 379 g/mol. The number of ether oxygens (including phenoxy) is 1. The third kappa shape index (κ3) is 5.74. The van der Waals surface area contributed by atoms with Crippen LogP contribution in [0.2, 0.25) is 0 Å². The summed E-state index contributed by atoms with van der Waals surface area (Å²) in [4.78, 5) is 24.4. The lowest BCUT2D eigenvalue weighted by Gasteiger charge is -2.19. The third-order valence-corrected chi connectivity index (χ3v) is 6.81. The van der Waals surface area contributed by atoms with Crippen molar-refractivity contribution in [1.29, 1.82) is 0 Å². The molecular weight excluding hydrogens is 350 g/mol. The van der Waals surface area contributed by atoms with E-state index >= 15 is 0 Å². The quantitative estimate of drug-likeness (QED) is 0.665. The van der Waals surface area contributed by atoms with E-state index in [9.17, 15) is 13.8 Å². The van der Waals surface area contributed by atoms with Crippen molar-refractivity contribution in [3.05, 3.63) is 35.9 Å². The Labute approximate surface area is 158 Å². The summed E-state index contributed by atoms with van der Waals surface area (Å²) in [6.45, 7) is 1.82. The highest BCUT2D eigenvalue weighted by molar-refractivity contribution is 7.84. The van der Waals surface area contributed by atoms with E-state index in [4.69, 9.17) is 10.5 Å². The Morgan fingerprint density at radius 3 is 2.58 bits per heavy atom. The molecule has 0 aliphatic heterocycles.